The maximum Gasteiger partial charge on any atom is -0.0182 e. The van der Waals surface area contributed by atoms with E-state index in [1.54, 1.807) is 11.1 Å². The summed E-state index contributed by atoms with van der Waals surface area (Å²) in [6.07, 6.45) is 2.64. The summed E-state index contributed by atoms with van der Waals surface area (Å²) < 4.78 is 0. The van der Waals surface area contributed by atoms with Gasteiger partial charge in [-0.1, -0.05) is 66.2 Å². The molecule has 0 aliphatic heterocycles. The summed E-state index contributed by atoms with van der Waals surface area (Å²) in [4.78, 5) is 0. The van der Waals surface area contributed by atoms with Gasteiger partial charge in [-0.25, -0.2) is 0 Å². The van der Waals surface area contributed by atoms with Crippen molar-refractivity contribution in [3.8, 4) is 0 Å². The maximum absolute atomic E-state index is 2.35. The minimum absolute atomic E-state index is 0.792. The number of benzene rings is 1. The van der Waals surface area contributed by atoms with Gasteiger partial charge in [0.2, 0.25) is 0 Å². The average Bonchev–Trinajstić information content (AvgIpc) is 2.78. The van der Waals surface area contributed by atoms with Crippen LogP contribution in [0.1, 0.15) is 83.1 Å². The van der Waals surface area contributed by atoms with Gasteiger partial charge in [-0.15, -0.1) is 0 Å². The highest BCUT2D eigenvalue weighted by Gasteiger charge is 2.20. The second-order valence-electron chi connectivity index (χ2n) is 4.09. The van der Waals surface area contributed by atoms with Crippen LogP contribution in [0.5, 0.6) is 0 Å². The predicted octanol–water partition coefficient (Wildman–Crippen LogP) is 6.43. The van der Waals surface area contributed by atoms with Crippen LogP contribution in [0.3, 0.4) is 0 Å². The Bertz CT molecular complexity index is 310. The molecule has 0 amide bonds. The standard InChI is InChI=1S/C12H16.3C2H6/c1-8-6-10(3)12-9(2)4-5-11(12)7-8;3*1-2/h6-7,9H,4-5H2,1-3H3;3*1-2H3. The summed E-state index contributed by atoms with van der Waals surface area (Å²) in [5, 5.41) is 0. The van der Waals surface area contributed by atoms with Crippen molar-refractivity contribution in [2.45, 2.75) is 81.1 Å². The van der Waals surface area contributed by atoms with Gasteiger partial charge in [0.05, 0.1) is 0 Å². The quantitative estimate of drug-likeness (QED) is 0.497. The van der Waals surface area contributed by atoms with Crippen molar-refractivity contribution >= 4 is 0 Å². The SMILES string of the molecule is CC.CC.CC.Cc1cc(C)c2c(c1)CCC2C. The molecular formula is C18H34. The molecule has 0 nitrogen and oxygen atoms in total. The van der Waals surface area contributed by atoms with Gasteiger partial charge in [-0.05, 0) is 49.3 Å². The monoisotopic (exact) mass is 250 g/mol. The number of fused-ring (bicyclic) bond motifs is 1. The zero-order valence-corrected chi connectivity index (χ0v) is 14.1. The molecule has 106 valence electrons. The van der Waals surface area contributed by atoms with Gasteiger partial charge in [0.15, 0.2) is 0 Å². The predicted molar refractivity (Wildman–Crippen MR) is 86.7 cm³/mol. The Morgan fingerprint density at radius 1 is 0.889 bits per heavy atom. The Morgan fingerprint density at radius 2 is 1.39 bits per heavy atom. The summed E-state index contributed by atoms with van der Waals surface area (Å²) >= 11 is 0. The summed E-state index contributed by atoms with van der Waals surface area (Å²) in [5.41, 5.74) is 6.14. The molecule has 0 N–H and O–H groups in total. The highest BCUT2D eigenvalue weighted by atomic mass is 14.2. The smallest absolute Gasteiger partial charge is 0.0182 e. The molecule has 1 aliphatic carbocycles. The Balaban J connectivity index is 0. The first kappa shape index (κ1) is 19.6. The fourth-order valence-electron chi connectivity index (χ4n) is 2.50. The molecular weight excluding hydrogens is 216 g/mol. The van der Waals surface area contributed by atoms with Gasteiger partial charge < -0.3 is 0 Å². The van der Waals surface area contributed by atoms with Crippen molar-refractivity contribution in [2.24, 2.45) is 0 Å². The molecule has 1 atom stereocenters. The summed E-state index contributed by atoms with van der Waals surface area (Å²) in [6, 6.07) is 4.66. The number of hydrogen-bond acceptors (Lipinski definition) is 0. The Hall–Kier alpha value is -0.780. The van der Waals surface area contributed by atoms with E-state index in [4.69, 9.17) is 0 Å². The molecule has 0 heterocycles. The third kappa shape index (κ3) is 5.25. The van der Waals surface area contributed by atoms with Crippen LogP contribution in [0.4, 0.5) is 0 Å². The number of rotatable bonds is 0. The first-order valence-corrected chi connectivity index (χ1v) is 7.78. The van der Waals surface area contributed by atoms with E-state index in [1.807, 2.05) is 41.5 Å². The minimum Gasteiger partial charge on any atom is -0.0683 e. The Morgan fingerprint density at radius 3 is 1.89 bits per heavy atom. The van der Waals surface area contributed by atoms with Crippen molar-refractivity contribution in [2.75, 3.05) is 0 Å². The van der Waals surface area contributed by atoms with Crippen LogP contribution >= 0.6 is 0 Å². The second-order valence-corrected chi connectivity index (χ2v) is 4.09. The van der Waals surface area contributed by atoms with Gasteiger partial charge in [0, 0.05) is 0 Å². The lowest BCUT2D eigenvalue weighted by atomic mass is 9.96. The summed E-state index contributed by atoms with van der Waals surface area (Å²) in [7, 11) is 0. The molecule has 0 saturated heterocycles. The van der Waals surface area contributed by atoms with E-state index in [0.717, 1.165) is 5.92 Å². The fraction of sp³-hybridized carbons (Fsp3) is 0.667. The molecule has 0 saturated carbocycles. The molecule has 0 spiro atoms. The van der Waals surface area contributed by atoms with Gasteiger partial charge in [0.25, 0.3) is 0 Å². The second kappa shape index (κ2) is 11.3. The fourth-order valence-corrected chi connectivity index (χ4v) is 2.50. The van der Waals surface area contributed by atoms with Crippen LogP contribution in [0.25, 0.3) is 0 Å². The molecule has 0 fully saturated rings. The van der Waals surface area contributed by atoms with Crippen molar-refractivity contribution in [3.63, 3.8) is 0 Å². The zero-order valence-electron chi connectivity index (χ0n) is 14.1. The molecule has 1 aromatic carbocycles. The van der Waals surface area contributed by atoms with E-state index in [-0.39, 0.29) is 0 Å². The number of aryl methyl sites for hydroxylation is 3. The van der Waals surface area contributed by atoms with Crippen LogP contribution in [0, 0.1) is 13.8 Å². The van der Waals surface area contributed by atoms with Crippen molar-refractivity contribution in [3.05, 3.63) is 34.4 Å². The van der Waals surface area contributed by atoms with E-state index in [9.17, 15) is 0 Å². The normalized spacial score (nSPS) is 15.1. The van der Waals surface area contributed by atoms with Crippen LogP contribution in [0.2, 0.25) is 0 Å². The summed E-state index contributed by atoms with van der Waals surface area (Å²) in [5.74, 6) is 0.792. The van der Waals surface area contributed by atoms with Crippen LogP contribution in [-0.2, 0) is 6.42 Å². The highest BCUT2D eigenvalue weighted by molar-refractivity contribution is 5.43. The van der Waals surface area contributed by atoms with Crippen molar-refractivity contribution in [1.82, 2.24) is 0 Å². The van der Waals surface area contributed by atoms with Crippen molar-refractivity contribution < 1.29 is 0 Å². The molecule has 0 radical (unpaired) electrons. The maximum atomic E-state index is 2.35. The molecule has 18 heavy (non-hydrogen) atoms. The van der Waals surface area contributed by atoms with Gasteiger partial charge in [-0.2, -0.15) is 0 Å². The Kier molecular flexibility index (Phi) is 12.3. The van der Waals surface area contributed by atoms with E-state index in [2.05, 4.69) is 32.9 Å². The molecule has 2 rings (SSSR count). The first-order chi connectivity index (χ1) is 8.68. The third-order valence-electron chi connectivity index (χ3n) is 2.96. The lowest BCUT2D eigenvalue weighted by Crippen LogP contribution is -1.92. The van der Waals surface area contributed by atoms with Gasteiger partial charge >= 0.3 is 0 Å². The molecule has 0 aromatic heterocycles. The van der Waals surface area contributed by atoms with E-state index in [1.165, 1.54) is 24.0 Å². The van der Waals surface area contributed by atoms with Gasteiger partial charge in [0.1, 0.15) is 0 Å². The summed E-state index contributed by atoms with van der Waals surface area (Å²) in [6.45, 7) is 18.8. The number of hydrogen-bond donors (Lipinski definition) is 0. The van der Waals surface area contributed by atoms with Crippen LogP contribution < -0.4 is 0 Å². The topological polar surface area (TPSA) is 0 Å². The minimum atomic E-state index is 0.792. The molecule has 0 heteroatoms. The third-order valence-corrected chi connectivity index (χ3v) is 2.96. The highest BCUT2D eigenvalue weighted by Crippen LogP contribution is 2.35. The van der Waals surface area contributed by atoms with E-state index in [0.29, 0.717) is 0 Å². The van der Waals surface area contributed by atoms with Crippen LogP contribution in [-0.4, -0.2) is 0 Å². The lowest BCUT2D eigenvalue weighted by Gasteiger charge is -2.09. The molecule has 1 aromatic rings. The van der Waals surface area contributed by atoms with Gasteiger partial charge in [-0.3, -0.25) is 0 Å². The Labute approximate surface area is 116 Å². The van der Waals surface area contributed by atoms with E-state index < -0.39 is 0 Å². The largest absolute Gasteiger partial charge is 0.0683 e. The van der Waals surface area contributed by atoms with Crippen LogP contribution in [0.15, 0.2) is 12.1 Å². The molecule has 1 unspecified atom stereocenters. The average molecular weight is 250 g/mol. The van der Waals surface area contributed by atoms with Crippen molar-refractivity contribution in [1.29, 1.82) is 0 Å². The first-order valence-electron chi connectivity index (χ1n) is 7.78. The molecule has 1 aliphatic rings. The molecule has 0 bridgehead atoms. The zero-order chi connectivity index (χ0) is 14.7. The van der Waals surface area contributed by atoms with E-state index >= 15 is 0 Å². The lowest BCUT2D eigenvalue weighted by molar-refractivity contribution is 0.744.